The molecule has 31 heavy (non-hydrogen) atoms. The number of anilines is 1. The second kappa shape index (κ2) is 8.50. The van der Waals surface area contributed by atoms with Gasteiger partial charge in [-0.3, -0.25) is 0 Å². The first-order valence-electron chi connectivity index (χ1n) is 9.52. The van der Waals surface area contributed by atoms with Gasteiger partial charge in [0.1, 0.15) is 17.6 Å². The number of carboxylic acid groups (broad SMARTS) is 1. The SMILES string of the molecule is CC(C)(C)OC(=O)N(C(=O)O)c1ncnc2c1c(I)cn2C1CCN(S(C)(=O)=O)CC1. The summed E-state index contributed by atoms with van der Waals surface area (Å²) in [7, 11) is -3.25. The lowest BCUT2D eigenvalue weighted by atomic mass is 10.1. The van der Waals surface area contributed by atoms with Gasteiger partial charge in [0.2, 0.25) is 10.0 Å². The molecule has 11 nitrogen and oxygen atoms in total. The summed E-state index contributed by atoms with van der Waals surface area (Å²) < 4.78 is 32.8. The fourth-order valence-corrected chi connectivity index (χ4v) is 5.14. The molecule has 1 aliphatic heterocycles. The van der Waals surface area contributed by atoms with Gasteiger partial charge in [-0.15, -0.1) is 0 Å². The average Bonchev–Trinajstić information content (AvgIpc) is 2.97. The molecular weight excluding hydrogens is 541 g/mol. The Morgan fingerprint density at radius 1 is 1.26 bits per heavy atom. The van der Waals surface area contributed by atoms with Crippen molar-refractivity contribution < 1.29 is 27.9 Å². The third-order valence-electron chi connectivity index (χ3n) is 4.81. The number of ether oxygens (including phenoxy) is 1. The minimum atomic E-state index is -3.25. The van der Waals surface area contributed by atoms with Gasteiger partial charge in [-0.05, 0) is 56.2 Å². The summed E-state index contributed by atoms with van der Waals surface area (Å²) in [6.45, 7) is 5.70. The molecule has 1 aliphatic rings. The first-order valence-corrected chi connectivity index (χ1v) is 12.4. The lowest BCUT2D eigenvalue weighted by Crippen LogP contribution is -2.41. The van der Waals surface area contributed by atoms with Gasteiger partial charge >= 0.3 is 12.2 Å². The first-order chi connectivity index (χ1) is 14.3. The molecule has 13 heteroatoms. The van der Waals surface area contributed by atoms with Crippen LogP contribution in [0.2, 0.25) is 0 Å². The maximum atomic E-state index is 12.6. The van der Waals surface area contributed by atoms with E-state index in [0.29, 0.717) is 45.4 Å². The predicted molar refractivity (Wildman–Crippen MR) is 122 cm³/mol. The smallest absolute Gasteiger partial charge is 0.425 e. The van der Waals surface area contributed by atoms with E-state index < -0.39 is 27.8 Å². The van der Waals surface area contributed by atoms with Gasteiger partial charge < -0.3 is 14.4 Å². The number of amides is 2. The minimum absolute atomic E-state index is 0.0217. The normalized spacial score (nSPS) is 16.4. The van der Waals surface area contributed by atoms with Gasteiger partial charge in [0.15, 0.2) is 5.82 Å². The number of aromatic nitrogens is 3. The Morgan fingerprint density at radius 2 is 1.87 bits per heavy atom. The van der Waals surface area contributed by atoms with Crippen molar-refractivity contribution in [1.29, 1.82) is 0 Å². The van der Waals surface area contributed by atoms with Gasteiger partial charge in [-0.1, -0.05) is 0 Å². The summed E-state index contributed by atoms with van der Waals surface area (Å²) in [6.07, 6.45) is 2.82. The first kappa shape index (κ1) is 23.7. The molecule has 0 aromatic carbocycles. The molecule has 1 fully saturated rings. The van der Waals surface area contributed by atoms with Crippen molar-refractivity contribution in [1.82, 2.24) is 18.8 Å². The van der Waals surface area contributed by atoms with Crippen LogP contribution in [0.15, 0.2) is 12.5 Å². The van der Waals surface area contributed by atoms with Crippen LogP contribution in [0.1, 0.15) is 39.7 Å². The molecule has 1 saturated heterocycles. The monoisotopic (exact) mass is 565 g/mol. The predicted octanol–water partition coefficient (Wildman–Crippen LogP) is 3.05. The Balaban J connectivity index is 2.00. The van der Waals surface area contributed by atoms with Gasteiger partial charge in [-0.25, -0.2) is 32.3 Å². The summed E-state index contributed by atoms with van der Waals surface area (Å²) in [5.74, 6) is -0.0801. The molecule has 2 aromatic rings. The van der Waals surface area contributed by atoms with Crippen LogP contribution in [-0.4, -0.2) is 69.5 Å². The lowest BCUT2D eigenvalue weighted by molar-refractivity contribution is 0.0581. The molecule has 0 spiro atoms. The molecule has 0 saturated carbocycles. The summed E-state index contributed by atoms with van der Waals surface area (Å²) in [6, 6.07) is -0.0217. The topological polar surface area (TPSA) is 135 Å². The second-order valence-electron chi connectivity index (χ2n) is 8.27. The molecule has 0 radical (unpaired) electrons. The number of rotatable bonds is 3. The van der Waals surface area contributed by atoms with E-state index in [1.807, 2.05) is 33.4 Å². The van der Waals surface area contributed by atoms with E-state index in [4.69, 9.17) is 4.74 Å². The number of halogens is 1. The molecule has 0 unspecified atom stereocenters. The Hall–Kier alpha value is -2.00. The maximum absolute atomic E-state index is 12.6. The highest BCUT2D eigenvalue weighted by Gasteiger charge is 2.33. The van der Waals surface area contributed by atoms with Gasteiger partial charge in [0.25, 0.3) is 0 Å². The highest BCUT2D eigenvalue weighted by Crippen LogP contribution is 2.35. The average molecular weight is 565 g/mol. The van der Waals surface area contributed by atoms with Crippen molar-refractivity contribution in [3.05, 3.63) is 16.1 Å². The quantitative estimate of drug-likeness (QED) is 0.562. The van der Waals surface area contributed by atoms with E-state index in [0.717, 1.165) is 0 Å². The summed E-state index contributed by atoms with van der Waals surface area (Å²) in [5, 5.41) is 10.1. The molecule has 2 amide bonds. The van der Waals surface area contributed by atoms with Gasteiger partial charge in [-0.2, -0.15) is 4.90 Å². The zero-order valence-electron chi connectivity index (χ0n) is 17.6. The third-order valence-corrected chi connectivity index (χ3v) is 6.93. The van der Waals surface area contributed by atoms with E-state index >= 15 is 0 Å². The van der Waals surface area contributed by atoms with Crippen LogP contribution in [0, 0.1) is 3.57 Å². The highest BCUT2D eigenvalue weighted by atomic mass is 127. The second-order valence-corrected chi connectivity index (χ2v) is 11.4. The third kappa shape index (κ3) is 5.09. The number of hydrogen-bond donors (Lipinski definition) is 1. The number of carbonyl (C=O) groups is 2. The molecule has 2 aromatic heterocycles. The van der Waals surface area contributed by atoms with Crippen LogP contribution in [-0.2, 0) is 14.8 Å². The molecule has 3 heterocycles. The molecule has 0 bridgehead atoms. The van der Waals surface area contributed by atoms with E-state index in [-0.39, 0.29) is 11.9 Å². The Bertz CT molecular complexity index is 1120. The summed E-state index contributed by atoms with van der Waals surface area (Å²) in [4.78, 5) is 33.4. The van der Waals surface area contributed by atoms with Crippen LogP contribution in [0.5, 0.6) is 0 Å². The Labute approximate surface area is 193 Å². The van der Waals surface area contributed by atoms with Crippen molar-refractivity contribution in [3.8, 4) is 0 Å². The van der Waals surface area contributed by atoms with Gasteiger partial charge in [0.05, 0.1) is 11.6 Å². The number of imide groups is 1. The zero-order chi connectivity index (χ0) is 23.1. The molecule has 1 N–H and O–H groups in total. The fraction of sp³-hybridized carbons (Fsp3) is 0.556. The van der Waals surface area contributed by atoms with Crippen LogP contribution in [0.3, 0.4) is 0 Å². The summed E-state index contributed by atoms with van der Waals surface area (Å²) in [5.41, 5.74) is -0.411. The number of nitrogens with zero attached hydrogens (tertiary/aromatic N) is 5. The van der Waals surface area contributed by atoms with E-state index in [9.17, 15) is 23.1 Å². The number of piperidine rings is 1. The Morgan fingerprint density at radius 3 is 2.39 bits per heavy atom. The van der Waals surface area contributed by atoms with E-state index in [1.165, 1.54) is 16.9 Å². The van der Waals surface area contributed by atoms with Crippen molar-refractivity contribution in [2.75, 3.05) is 24.2 Å². The van der Waals surface area contributed by atoms with E-state index in [2.05, 4.69) is 9.97 Å². The largest absolute Gasteiger partial charge is 0.464 e. The Kier molecular flexibility index (Phi) is 6.49. The van der Waals surface area contributed by atoms with E-state index in [1.54, 1.807) is 20.8 Å². The van der Waals surface area contributed by atoms with Gasteiger partial charge in [0, 0.05) is 28.9 Å². The standard InChI is InChI=1S/C18H24IN5O6S/c1-18(2,3)30-17(27)24(16(25)26)15-13-12(19)9-23(14(13)20-10-21-15)11-5-7-22(8-6-11)31(4,28)29/h9-11H,5-8H2,1-4H3,(H,25,26). The number of hydrogen-bond acceptors (Lipinski definition) is 7. The van der Waals surface area contributed by atoms with Crippen molar-refractivity contribution >= 4 is 61.7 Å². The van der Waals surface area contributed by atoms with Crippen LogP contribution < -0.4 is 4.90 Å². The van der Waals surface area contributed by atoms with Crippen molar-refractivity contribution in [2.24, 2.45) is 0 Å². The van der Waals surface area contributed by atoms with Crippen LogP contribution in [0.25, 0.3) is 11.0 Å². The van der Waals surface area contributed by atoms with Crippen LogP contribution in [0.4, 0.5) is 15.4 Å². The summed E-state index contributed by atoms with van der Waals surface area (Å²) >= 11 is 2.05. The maximum Gasteiger partial charge on any atom is 0.425 e. The minimum Gasteiger partial charge on any atom is -0.464 e. The molecule has 3 rings (SSSR count). The van der Waals surface area contributed by atoms with Crippen molar-refractivity contribution in [3.63, 3.8) is 0 Å². The van der Waals surface area contributed by atoms with Crippen molar-refractivity contribution in [2.45, 2.75) is 45.3 Å². The fourth-order valence-electron chi connectivity index (χ4n) is 3.49. The number of sulfonamides is 1. The number of fused-ring (bicyclic) bond motifs is 1. The molecule has 170 valence electrons. The zero-order valence-corrected chi connectivity index (χ0v) is 20.5. The molecular formula is C18H24IN5O6S. The molecule has 0 aliphatic carbocycles. The lowest BCUT2D eigenvalue weighted by Gasteiger charge is -2.31. The highest BCUT2D eigenvalue weighted by molar-refractivity contribution is 14.1. The molecule has 0 atom stereocenters. The van der Waals surface area contributed by atoms with Crippen LogP contribution >= 0.6 is 22.6 Å². The number of carbonyl (C=O) groups excluding carboxylic acids is 1.